The lowest BCUT2D eigenvalue weighted by Crippen LogP contribution is -2.18. The molecule has 2 aromatic carbocycles. The van der Waals surface area contributed by atoms with E-state index >= 15 is 0 Å². The summed E-state index contributed by atoms with van der Waals surface area (Å²) in [4.78, 5) is 0. The SMILES string of the molecule is N#C[C@H](c1ccccc1)c1c(F)c(F)c(C(F)(F)F)c(F)c1F. The number of rotatable bonds is 2. The Kier molecular flexibility index (Phi) is 4.32. The third kappa shape index (κ3) is 2.86. The molecule has 0 aliphatic rings. The molecule has 23 heavy (non-hydrogen) atoms. The van der Waals surface area contributed by atoms with Gasteiger partial charge in [-0.1, -0.05) is 30.3 Å². The van der Waals surface area contributed by atoms with Gasteiger partial charge in [0.15, 0.2) is 23.3 Å². The second-order valence-corrected chi connectivity index (χ2v) is 4.52. The van der Waals surface area contributed by atoms with Gasteiger partial charge in [0.2, 0.25) is 0 Å². The van der Waals surface area contributed by atoms with Crippen molar-refractivity contribution in [2.75, 3.05) is 0 Å². The molecular weight excluding hydrogens is 327 g/mol. The van der Waals surface area contributed by atoms with E-state index in [-0.39, 0.29) is 5.56 Å². The number of nitriles is 1. The van der Waals surface area contributed by atoms with Crippen LogP contribution < -0.4 is 0 Å². The van der Waals surface area contributed by atoms with Gasteiger partial charge < -0.3 is 0 Å². The van der Waals surface area contributed by atoms with E-state index in [9.17, 15) is 30.7 Å². The molecule has 0 saturated carbocycles. The minimum absolute atomic E-state index is 0.0219. The molecule has 1 atom stereocenters. The minimum atomic E-state index is -5.62. The third-order valence-electron chi connectivity index (χ3n) is 3.13. The molecule has 0 heterocycles. The molecule has 1 nitrogen and oxygen atoms in total. The fourth-order valence-electron chi connectivity index (χ4n) is 2.10. The summed E-state index contributed by atoms with van der Waals surface area (Å²) in [7, 11) is 0. The largest absolute Gasteiger partial charge is 0.422 e. The maximum atomic E-state index is 13.9. The van der Waals surface area contributed by atoms with Crippen molar-refractivity contribution >= 4 is 0 Å². The lowest BCUT2D eigenvalue weighted by molar-refractivity contribution is -0.143. The van der Waals surface area contributed by atoms with Crippen LogP contribution in [0.2, 0.25) is 0 Å². The van der Waals surface area contributed by atoms with E-state index in [4.69, 9.17) is 5.26 Å². The second-order valence-electron chi connectivity index (χ2n) is 4.52. The highest BCUT2D eigenvalue weighted by atomic mass is 19.4. The highest BCUT2D eigenvalue weighted by Crippen LogP contribution is 2.39. The molecule has 2 rings (SSSR count). The van der Waals surface area contributed by atoms with Crippen molar-refractivity contribution in [2.24, 2.45) is 0 Å². The minimum Gasteiger partial charge on any atom is -0.203 e. The van der Waals surface area contributed by atoms with Gasteiger partial charge in [-0.05, 0) is 5.56 Å². The summed E-state index contributed by atoms with van der Waals surface area (Å²) in [6, 6.07) is 8.24. The van der Waals surface area contributed by atoms with Crippen molar-refractivity contribution < 1.29 is 30.7 Å². The van der Waals surface area contributed by atoms with Crippen LogP contribution in [0.1, 0.15) is 22.6 Å². The Labute approximate surface area is 125 Å². The monoisotopic (exact) mass is 333 g/mol. The van der Waals surface area contributed by atoms with Crippen LogP contribution in [-0.2, 0) is 6.18 Å². The van der Waals surface area contributed by atoms with Gasteiger partial charge in [-0.2, -0.15) is 18.4 Å². The normalized spacial score (nSPS) is 12.8. The summed E-state index contributed by atoms with van der Waals surface area (Å²) in [5.74, 6) is -11.5. The maximum Gasteiger partial charge on any atom is 0.422 e. The Balaban J connectivity index is 2.77. The van der Waals surface area contributed by atoms with E-state index < -0.39 is 46.5 Å². The molecule has 0 saturated heterocycles. The highest BCUT2D eigenvalue weighted by Gasteiger charge is 2.43. The van der Waals surface area contributed by atoms with E-state index in [1.54, 1.807) is 0 Å². The zero-order valence-electron chi connectivity index (χ0n) is 11.1. The number of halogens is 7. The first kappa shape index (κ1) is 16.8. The molecule has 0 radical (unpaired) electrons. The van der Waals surface area contributed by atoms with Gasteiger partial charge in [0, 0.05) is 0 Å². The van der Waals surface area contributed by atoms with Crippen LogP contribution >= 0.6 is 0 Å². The fraction of sp³-hybridized carbons (Fsp3) is 0.133. The van der Waals surface area contributed by atoms with Crippen molar-refractivity contribution in [3.05, 3.63) is 70.3 Å². The van der Waals surface area contributed by atoms with Gasteiger partial charge in [-0.25, -0.2) is 17.6 Å². The molecule has 0 unspecified atom stereocenters. The van der Waals surface area contributed by atoms with Crippen LogP contribution in [0.25, 0.3) is 0 Å². The molecule has 120 valence electrons. The van der Waals surface area contributed by atoms with Crippen molar-refractivity contribution in [2.45, 2.75) is 12.1 Å². The summed E-state index contributed by atoms with van der Waals surface area (Å²) < 4.78 is 92.6. The second kappa shape index (κ2) is 5.91. The topological polar surface area (TPSA) is 23.8 Å². The van der Waals surface area contributed by atoms with Crippen LogP contribution in [0.3, 0.4) is 0 Å². The molecule has 0 aliphatic carbocycles. The van der Waals surface area contributed by atoms with Crippen molar-refractivity contribution in [3.63, 3.8) is 0 Å². The molecule has 0 aromatic heterocycles. The summed E-state index contributed by atoms with van der Waals surface area (Å²) in [6.07, 6.45) is -5.62. The lowest BCUT2D eigenvalue weighted by atomic mass is 9.90. The smallest absolute Gasteiger partial charge is 0.203 e. The zero-order valence-corrected chi connectivity index (χ0v) is 11.1. The van der Waals surface area contributed by atoms with E-state index in [1.807, 2.05) is 0 Å². The molecule has 0 aliphatic heterocycles. The van der Waals surface area contributed by atoms with Gasteiger partial charge >= 0.3 is 6.18 Å². The van der Waals surface area contributed by atoms with Crippen LogP contribution in [0, 0.1) is 34.6 Å². The number of benzene rings is 2. The third-order valence-corrected chi connectivity index (χ3v) is 3.13. The van der Waals surface area contributed by atoms with Crippen molar-refractivity contribution in [1.29, 1.82) is 5.26 Å². The van der Waals surface area contributed by atoms with E-state index in [0.717, 1.165) is 0 Å². The van der Waals surface area contributed by atoms with Crippen molar-refractivity contribution in [3.8, 4) is 6.07 Å². The Bertz CT molecular complexity index is 746. The number of hydrogen-bond acceptors (Lipinski definition) is 1. The standard InChI is InChI=1S/C15H6F7N/c16-11-9(8(6-23)7-4-2-1-3-5-7)12(17)14(19)10(13(11)18)15(20,21)22/h1-5,8H/t8-/m1/s1. The van der Waals surface area contributed by atoms with Crippen molar-refractivity contribution in [1.82, 2.24) is 0 Å². The van der Waals surface area contributed by atoms with Crippen LogP contribution in [-0.4, -0.2) is 0 Å². The maximum absolute atomic E-state index is 13.9. The molecule has 0 N–H and O–H groups in total. The average Bonchev–Trinajstić information content (AvgIpc) is 2.49. The van der Waals surface area contributed by atoms with Gasteiger partial charge in [-0.15, -0.1) is 0 Å². The summed E-state index contributed by atoms with van der Waals surface area (Å²) in [6.45, 7) is 0. The summed E-state index contributed by atoms with van der Waals surface area (Å²) in [5.41, 5.74) is -4.09. The predicted octanol–water partition coefficient (Wildman–Crippen LogP) is 4.92. The Hall–Kier alpha value is -2.56. The Morgan fingerprint density at radius 1 is 0.826 bits per heavy atom. The summed E-state index contributed by atoms with van der Waals surface area (Å²) >= 11 is 0. The molecule has 0 bridgehead atoms. The molecule has 0 fully saturated rings. The van der Waals surface area contributed by atoms with E-state index in [1.165, 1.54) is 36.4 Å². The quantitative estimate of drug-likeness (QED) is 0.565. The Morgan fingerprint density at radius 3 is 1.70 bits per heavy atom. The highest BCUT2D eigenvalue weighted by molar-refractivity contribution is 5.42. The molecule has 0 amide bonds. The number of nitrogens with zero attached hydrogens (tertiary/aromatic N) is 1. The zero-order chi connectivity index (χ0) is 17.4. The first-order chi connectivity index (χ1) is 10.7. The van der Waals surface area contributed by atoms with E-state index in [0.29, 0.717) is 0 Å². The van der Waals surface area contributed by atoms with Gasteiger partial charge in [-0.3, -0.25) is 0 Å². The average molecular weight is 333 g/mol. The van der Waals surface area contributed by atoms with E-state index in [2.05, 4.69) is 0 Å². The van der Waals surface area contributed by atoms with Gasteiger partial charge in [0.25, 0.3) is 0 Å². The lowest BCUT2D eigenvalue weighted by Gasteiger charge is -2.17. The number of hydrogen-bond donors (Lipinski definition) is 0. The molecule has 0 spiro atoms. The van der Waals surface area contributed by atoms with Gasteiger partial charge in [0.05, 0.1) is 11.6 Å². The van der Waals surface area contributed by atoms with Crippen LogP contribution in [0.15, 0.2) is 30.3 Å². The number of alkyl halides is 3. The first-order valence-corrected chi connectivity index (χ1v) is 6.07. The summed E-state index contributed by atoms with van der Waals surface area (Å²) in [5, 5.41) is 9.04. The fourth-order valence-corrected chi connectivity index (χ4v) is 2.10. The molecule has 2 aromatic rings. The molecular formula is C15H6F7N. The van der Waals surface area contributed by atoms with Crippen LogP contribution in [0.4, 0.5) is 30.7 Å². The predicted molar refractivity (Wildman–Crippen MR) is 65.2 cm³/mol. The first-order valence-electron chi connectivity index (χ1n) is 6.07. The molecule has 8 heteroatoms. The van der Waals surface area contributed by atoms with Gasteiger partial charge in [0.1, 0.15) is 11.5 Å². The van der Waals surface area contributed by atoms with Crippen LogP contribution in [0.5, 0.6) is 0 Å². The Morgan fingerprint density at radius 2 is 1.30 bits per heavy atom.